The van der Waals surface area contributed by atoms with Crippen molar-refractivity contribution in [3.8, 4) is 22.6 Å². The Bertz CT molecular complexity index is 1100. The summed E-state index contributed by atoms with van der Waals surface area (Å²) in [7, 11) is 0. The molecule has 0 spiro atoms. The molecule has 4 rings (SSSR count). The molecule has 114 valence electrons. The van der Waals surface area contributed by atoms with Crippen LogP contribution in [-0.4, -0.2) is 24.6 Å². The molecule has 0 amide bonds. The zero-order valence-corrected chi connectivity index (χ0v) is 12.3. The molecule has 0 bridgehead atoms. The molecule has 4 aromatic heterocycles. The van der Waals surface area contributed by atoms with Gasteiger partial charge >= 0.3 is 0 Å². The number of nitrogens with zero attached hydrogens (tertiary/aromatic N) is 6. The van der Waals surface area contributed by atoms with Crippen LogP contribution in [0.4, 0.5) is 10.2 Å². The molecule has 0 aliphatic carbocycles. The second kappa shape index (κ2) is 5.52. The molecule has 0 atom stereocenters. The van der Waals surface area contributed by atoms with Crippen molar-refractivity contribution >= 4 is 11.5 Å². The van der Waals surface area contributed by atoms with Crippen LogP contribution in [-0.2, 0) is 0 Å². The lowest BCUT2D eigenvalue weighted by Crippen LogP contribution is -1.98. The van der Waals surface area contributed by atoms with Crippen molar-refractivity contribution in [3.63, 3.8) is 0 Å². The predicted octanol–water partition coefficient (Wildman–Crippen LogP) is 3.54. The zero-order valence-electron chi connectivity index (χ0n) is 12.3. The Kier molecular flexibility index (Phi) is 3.21. The Labute approximate surface area is 136 Å². The minimum absolute atomic E-state index is 0.321. The smallest absolute Gasteiger partial charge is 0.275 e. The monoisotopic (exact) mass is 316 g/mol. The summed E-state index contributed by atoms with van der Waals surface area (Å²) >= 11 is 0. The Balaban J connectivity index is 1.93. The second-order valence-corrected chi connectivity index (χ2v) is 4.96. The van der Waals surface area contributed by atoms with Crippen LogP contribution < -0.4 is 0 Å². The minimum Gasteiger partial charge on any atom is -0.360 e. The third-order valence-electron chi connectivity index (χ3n) is 3.50. The number of hydrogen-bond donors (Lipinski definition) is 0. The van der Waals surface area contributed by atoms with E-state index in [-0.39, 0.29) is 0 Å². The van der Waals surface area contributed by atoms with E-state index >= 15 is 0 Å². The molecule has 0 fully saturated rings. The number of imidazole rings is 1. The van der Waals surface area contributed by atoms with Crippen molar-refractivity contribution in [3.05, 3.63) is 72.2 Å². The fourth-order valence-corrected chi connectivity index (χ4v) is 2.44. The number of halogens is 1. The largest absolute Gasteiger partial charge is 0.360 e. The molecule has 0 N–H and O–H groups in total. The van der Waals surface area contributed by atoms with Gasteiger partial charge in [0.25, 0.3) is 5.82 Å². The van der Waals surface area contributed by atoms with Crippen molar-refractivity contribution in [2.45, 2.75) is 0 Å². The highest BCUT2D eigenvalue weighted by Crippen LogP contribution is 2.28. The van der Waals surface area contributed by atoms with E-state index in [2.05, 4.69) is 24.9 Å². The van der Waals surface area contributed by atoms with Gasteiger partial charge in [0.1, 0.15) is 5.69 Å². The van der Waals surface area contributed by atoms with Crippen LogP contribution in [0.15, 0.2) is 54.9 Å². The van der Waals surface area contributed by atoms with Crippen molar-refractivity contribution in [2.24, 2.45) is 0 Å². The summed E-state index contributed by atoms with van der Waals surface area (Å²) in [5.41, 5.74) is 2.82. The molecule has 7 heteroatoms. The van der Waals surface area contributed by atoms with Gasteiger partial charge in [0.15, 0.2) is 0 Å². The predicted molar refractivity (Wildman–Crippen MR) is 85.7 cm³/mol. The van der Waals surface area contributed by atoms with E-state index in [0.29, 0.717) is 34.1 Å². The SMILES string of the molecule is [C-]#[N+]c1cnc2ccc(-c3cccnc3-c3cccc(F)n3)nn12. The summed E-state index contributed by atoms with van der Waals surface area (Å²) in [5.74, 6) is -0.251. The van der Waals surface area contributed by atoms with Crippen LogP contribution in [0.3, 0.4) is 0 Å². The van der Waals surface area contributed by atoms with Crippen LogP contribution >= 0.6 is 0 Å². The Morgan fingerprint density at radius 1 is 1.00 bits per heavy atom. The average Bonchev–Trinajstić information content (AvgIpc) is 3.04. The van der Waals surface area contributed by atoms with Crippen molar-refractivity contribution in [1.29, 1.82) is 0 Å². The molecule has 0 saturated heterocycles. The Morgan fingerprint density at radius 2 is 1.92 bits per heavy atom. The highest BCUT2D eigenvalue weighted by Gasteiger charge is 2.14. The maximum atomic E-state index is 13.5. The molecule has 0 saturated carbocycles. The van der Waals surface area contributed by atoms with Crippen molar-refractivity contribution < 1.29 is 4.39 Å². The number of hydrogen-bond acceptors (Lipinski definition) is 4. The summed E-state index contributed by atoms with van der Waals surface area (Å²) in [4.78, 5) is 15.7. The Hall–Kier alpha value is -3.66. The van der Waals surface area contributed by atoms with Gasteiger partial charge < -0.3 is 4.85 Å². The van der Waals surface area contributed by atoms with Gasteiger partial charge in [-0.05, 0) is 30.3 Å². The molecule has 4 heterocycles. The van der Waals surface area contributed by atoms with E-state index in [9.17, 15) is 4.39 Å². The summed E-state index contributed by atoms with van der Waals surface area (Å²) < 4.78 is 14.9. The average molecular weight is 316 g/mol. The van der Waals surface area contributed by atoms with Crippen molar-refractivity contribution in [1.82, 2.24) is 24.6 Å². The van der Waals surface area contributed by atoms with Gasteiger partial charge in [-0.15, -0.1) is 4.52 Å². The first-order valence-electron chi connectivity index (χ1n) is 7.07. The summed E-state index contributed by atoms with van der Waals surface area (Å²) in [6.07, 6.45) is 3.09. The van der Waals surface area contributed by atoms with Gasteiger partial charge in [-0.25, -0.2) is 9.97 Å². The fourth-order valence-electron chi connectivity index (χ4n) is 2.44. The van der Waals surface area contributed by atoms with E-state index < -0.39 is 5.95 Å². The molecule has 6 nitrogen and oxygen atoms in total. The standard InChI is InChI=1S/C17H9FN6/c1-19-16-10-21-15-8-7-12(23-24(15)16)11-4-3-9-20-17(11)13-5-2-6-14(18)22-13/h2-10H. The molecule has 0 unspecified atom stereocenters. The third-order valence-corrected chi connectivity index (χ3v) is 3.50. The molecule has 0 aliphatic rings. The fraction of sp³-hybridized carbons (Fsp3) is 0. The third kappa shape index (κ3) is 2.27. The molecule has 0 radical (unpaired) electrons. The van der Waals surface area contributed by atoms with Crippen LogP contribution in [0.5, 0.6) is 0 Å². The number of aromatic nitrogens is 5. The molecule has 24 heavy (non-hydrogen) atoms. The van der Waals surface area contributed by atoms with E-state index in [1.54, 1.807) is 36.5 Å². The molecule has 0 aromatic carbocycles. The van der Waals surface area contributed by atoms with E-state index in [1.165, 1.54) is 16.8 Å². The normalized spacial score (nSPS) is 10.7. The van der Waals surface area contributed by atoms with Crippen LogP contribution in [0.1, 0.15) is 0 Å². The molecular weight excluding hydrogens is 307 g/mol. The van der Waals surface area contributed by atoms with Gasteiger partial charge in [-0.3, -0.25) is 4.98 Å². The lowest BCUT2D eigenvalue weighted by Gasteiger charge is -2.07. The summed E-state index contributed by atoms with van der Waals surface area (Å²) in [5, 5.41) is 4.46. The molecular formula is C17H9FN6. The zero-order chi connectivity index (χ0) is 16.5. The van der Waals surface area contributed by atoms with E-state index in [0.717, 1.165) is 0 Å². The van der Waals surface area contributed by atoms with Gasteiger partial charge in [-0.2, -0.15) is 4.39 Å². The lowest BCUT2D eigenvalue weighted by molar-refractivity contribution is 0.585. The highest BCUT2D eigenvalue weighted by molar-refractivity contribution is 5.77. The number of pyridine rings is 2. The second-order valence-electron chi connectivity index (χ2n) is 4.96. The Morgan fingerprint density at radius 3 is 2.75 bits per heavy atom. The maximum Gasteiger partial charge on any atom is 0.275 e. The van der Waals surface area contributed by atoms with Gasteiger partial charge in [-0.1, -0.05) is 17.7 Å². The van der Waals surface area contributed by atoms with Crippen LogP contribution in [0.2, 0.25) is 0 Å². The number of fused-ring (bicyclic) bond motifs is 1. The maximum absolute atomic E-state index is 13.5. The van der Waals surface area contributed by atoms with Gasteiger partial charge in [0, 0.05) is 17.8 Å². The van der Waals surface area contributed by atoms with Crippen LogP contribution in [0.25, 0.3) is 33.1 Å². The van der Waals surface area contributed by atoms with Gasteiger partial charge in [0.2, 0.25) is 11.6 Å². The van der Waals surface area contributed by atoms with E-state index in [4.69, 9.17) is 6.57 Å². The topological polar surface area (TPSA) is 60.3 Å². The first-order chi connectivity index (χ1) is 11.8. The summed E-state index contributed by atoms with van der Waals surface area (Å²) in [6, 6.07) is 11.7. The molecule has 0 aliphatic heterocycles. The van der Waals surface area contributed by atoms with Crippen molar-refractivity contribution in [2.75, 3.05) is 0 Å². The van der Waals surface area contributed by atoms with E-state index in [1.807, 2.05) is 6.07 Å². The minimum atomic E-state index is -0.572. The number of rotatable bonds is 2. The summed E-state index contributed by atoms with van der Waals surface area (Å²) in [6.45, 7) is 7.18. The molecule has 4 aromatic rings. The first kappa shape index (κ1) is 14.0. The van der Waals surface area contributed by atoms with Gasteiger partial charge in [0.05, 0.1) is 17.6 Å². The van der Waals surface area contributed by atoms with Crippen LogP contribution in [0, 0.1) is 12.5 Å². The highest BCUT2D eigenvalue weighted by atomic mass is 19.1. The lowest BCUT2D eigenvalue weighted by atomic mass is 10.1. The first-order valence-corrected chi connectivity index (χ1v) is 7.07. The quantitative estimate of drug-likeness (QED) is 0.419.